The Morgan fingerprint density at radius 2 is 2.33 bits per heavy atom. The second-order valence-corrected chi connectivity index (χ2v) is 3.23. The van der Waals surface area contributed by atoms with Gasteiger partial charge in [0.25, 0.3) is 0 Å². The van der Waals surface area contributed by atoms with Crippen LogP contribution in [0.25, 0.3) is 0 Å². The molecule has 1 amide bonds. The Bertz CT molecular complexity index is 147. The molecular weight excluding hydrogens is 152 g/mol. The topological polar surface area (TPSA) is 32.3 Å². The Hall–Kier alpha value is -0.570. The van der Waals surface area contributed by atoms with Crippen molar-refractivity contribution in [3.63, 3.8) is 0 Å². The Balaban J connectivity index is 2.37. The maximum atomic E-state index is 11.5. The van der Waals surface area contributed by atoms with E-state index < -0.39 is 0 Å². The normalized spacial score (nSPS) is 20.4. The molecule has 1 rings (SSSR count). The first-order valence-electron chi connectivity index (χ1n) is 4.83. The summed E-state index contributed by atoms with van der Waals surface area (Å²) >= 11 is 0. The van der Waals surface area contributed by atoms with Crippen LogP contribution in [-0.4, -0.2) is 37.0 Å². The van der Waals surface area contributed by atoms with Gasteiger partial charge in [0.05, 0.1) is 0 Å². The molecule has 1 heterocycles. The number of hydrogen-bond donors (Lipinski definition) is 1. The highest BCUT2D eigenvalue weighted by Gasteiger charge is 2.13. The molecule has 3 heteroatoms. The minimum Gasteiger partial charge on any atom is -0.341 e. The largest absolute Gasteiger partial charge is 0.341 e. The van der Waals surface area contributed by atoms with Gasteiger partial charge in [0.1, 0.15) is 0 Å². The molecule has 1 aliphatic heterocycles. The predicted molar refractivity (Wildman–Crippen MR) is 49.0 cm³/mol. The molecule has 0 aromatic carbocycles. The minimum atomic E-state index is 0.332. The van der Waals surface area contributed by atoms with Gasteiger partial charge in [0.2, 0.25) is 5.91 Å². The van der Waals surface area contributed by atoms with E-state index in [4.69, 9.17) is 0 Å². The lowest BCUT2D eigenvalue weighted by atomic mass is 10.2. The summed E-state index contributed by atoms with van der Waals surface area (Å²) in [6.07, 6.45) is 2.76. The van der Waals surface area contributed by atoms with Crippen LogP contribution >= 0.6 is 0 Å². The molecule has 0 bridgehead atoms. The highest BCUT2D eigenvalue weighted by Crippen LogP contribution is 2.00. The maximum Gasteiger partial charge on any atom is 0.222 e. The van der Waals surface area contributed by atoms with Gasteiger partial charge in [0, 0.05) is 26.1 Å². The van der Waals surface area contributed by atoms with Gasteiger partial charge in [-0.2, -0.15) is 0 Å². The lowest BCUT2D eigenvalue weighted by molar-refractivity contribution is -0.131. The highest BCUT2D eigenvalue weighted by molar-refractivity contribution is 5.76. The highest BCUT2D eigenvalue weighted by atomic mass is 16.2. The Morgan fingerprint density at radius 1 is 1.50 bits per heavy atom. The number of hydrogen-bond acceptors (Lipinski definition) is 2. The van der Waals surface area contributed by atoms with E-state index in [1.807, 2.05) is 4.90 Å². The summed E-state index contributed by atoms with van der Waals surface area (Å²) in [4.78, 5) is 13.4. The second kappa shape index (κ2) is 5.14. The van der Waals surface area contributed by atoms with Crippen LogP contribution in [0, 0.1) is 0 Å². The van der Waals surface area contributed by atoms with Crippen LogP contribution < -0.4 is 5.32 Å². The van der Waals surface area contributed by atoms with Crippen LogP contribution in [0.4, 0.5) is 0 Å². The first kappa shape index (κ1) is 9.52. The van der Waals surface area contributed by atoms with Crippen molar-refractivity contribution >= 4 is 5.91 Å². The van der Waals surface area contributed by atoms with Gasteiger partial charge in [-0.05, 0) is 19.4 Å². The van der Waals surface area contributed by atoms with Crippen molar-refractivity contribution in [2.75, 3.05) is 26.2 Å². The fourth-order valence-electron chi connectivity index (χ4n) is 1.49. The van der Waals surface area contributed by atoms with E-state index >= 15 is 0 Å². The van der Waals surface area contributed by atoms with Gasteiger partial charge in [-0.1, -0.05) is 6.92 Å². The van der Waals surface area contributed by atoms with Crippen molar-refractivity contribution in [3.8, 4) is 0 Å². The Kier molecular flexibility index (Phi) is 4.08. The van der Waals surface area contributed by atoms with Crippen molar-refractivity contribution in [1.29, 1.82) is 0 Å². The first-order valence-corrected chi connectivity index (χ1v) is 4.83. The number of amides is 1. The summed E-state index contributed by atoms with van der Waals surface area (Å²) < 4.78 is 0. The van der Waals surface area contributed by atoms with Gasteiger partial charge in [-0.3, -0.25) is 4.79 Å². The summed E-state index contributed by atoms with van der Waals surface area (Å²) in [5, 5.41) is 3.30. The van der Waals surface area contributed by atoms with Crippen molar-refractivity contribution in [2.45, 2.75) is 26.2 Å². The first-order chi connectivity index (χ1) is 5.84. The zero-order chi connectivity index (χ0) is 8.81. The van der Waals surface area contributed by atoms with E-state index in [-0.39, 0.29) is 0 Å². The number of rotatable bonds is 2. The molecule has 1 aliphatic rings. The van der Waals surface area contributed by atoms with Crippen molar-refractivity contribution in [1.82, 2.24) is 10.2 Å². The van der Waals surface area contributed by atoms with Gasteiger partial charge in [-0.15, -0.1) is 0 Å². The molecule has 1 N–H and O–H groups in total. The summed E-state index contributed by atoms with van der Waals surface area (Å²) in [5.41, 5.74) is 0. The third-order valence-electron chi connectivity index (χ3n) is 2.15. The number of nitrogens with one attached hydrogen (secondary N) is 1. The van der Waals surface area contributed by atoms with E-state index in [9.17, 15) is 4.79 Å². The van der Waals surface area contributed by atoms with Gasteiger partial charge >= 0.3 is 0 Å². The fraction of sp³-hybridized carbons (Fsp3) is 0.889. The zero-order valence-electron chi connectivity index (χ0n) is 7.81. The molecule has 0 aromatic rings. The van der Waals surface area contributed by atoms with Crippen LogP contribution in [0.1, 0.15) is 26.2 Å². The number of carbonyl (C=O) groups is 1. The Labute approximate surface area is 74.1 Å². The van der Waals surface area contributed by atoms with Crippen molar-refractivity contribution in [2.24, 2.45) is 0 Å². The summed E-state index contributed by atoms with van der Waals surface area (Å²) in [5.74, 6) is 0.332. The van der Waals surface area contributed by atoms with Crippen LogP contribution in [0.2, 0.25) is 0 Å². The standard InChI is InChI=1S/C9H18N2O/c1-2-7-11-8-6-10-5-3-4-9(11)12/h10H,2-8H2,1H3. The van der Waals surface area contributed by atoms with E-state index in [2.05, 4.69) is 12.2 Å². The molecule has 0 atom stereocenters. The van der Waals surface area contributed by atoms with Crippen LogP contribution in [0.15, 0.2) is 0 Å². The zero-order valence-corrected chi connectivity index (χ0v) is 7.81. The fourth-order valence-corrected chi connectivity index (χ4v) is 1.49. The average Bonchev–Trinajstić information content (AvgIpc) is 2.05. The van der Waals surface area contributed by atoms with Crippen LogP contribution in [0.5, 0.6) is 0 Å². The summed E-state index contributed by atoms with van der Waals surface area (Å²) in [6.45, 7) is 5.85. The molecule has 0 unspecified atom stereocenters. The molecule has 0 spiro atoms. The van der Waals surface area contributed by atoms with Gasteiger partial charge in [-0.25, -0.2) is 0 Å². The molecule has 0 saturated carbocycles. The molecule has 0 aliphatic carbocycles. The van der Waals surface area contributed by atoms with Gasteiger partial charge in [0.15, 0.2) is 0 Å². The SMILES string of the molecule is CCCN1CCNCCCC1=O. The van der Waals surface area contributed by atoms with E-state index in [0.29, 0.717) is 12.3 Å². The van der Waals surface area contributed by atoms with E-state index in [1.165, 1.54) is 0 Å². The van der Waals surface area contributed by atoms with Crippen molar-refractivity contribution in [3.05, 3.63) is 0 Å². The van der Waals surface area contributed by atoms with E-state index in [0.717, 1.165) is 39.0 Å². The molecule has 0 aromatic heterocycles. The van der Waals surface area contributed by atoms with Crippen LogP contribution in [-0.2, 0) is 4.79 Å². The molecule has 1 saturated heterocycles. The van der Waals surface area contributed by atoms with E-state index in [1.54, 1.807) is 0 Å². The number of carbonyl (C=O) groups excluding carboxylic acids is 1. The smallest absolute Gasteiger partial charge is 0.222 e. The quantitative estimate of drug-likeness (QED) is 0.658. The molecular formula is C9H18N2O. The average molecular weight is 170 g/mol. The van der Waals surface area contributed by atoms with Gasteiger partial charge < -0.3 is 10.2 Å². The third kappa shape index (κ3) is 2.81. The lowest BCUT2D eigenvalue weighted by Gasteiger charge is -2.24. The minimum absolute atomic E-state index is 0.332. The maximum absolute atomic E-state index is 11.5. The number of nitrogens with zero attached hydrogens (tertiary/aromatic N) is 1. The Morgan fingerprint density at radius 3 is 3.08 bits per heavy atom. The second-order valence-electron chi connectivity index (χ2n) is 3.23. The monoisotopic (exact) mass is 170 g/mol. The lowest BCUT2D eigenvalue weighted by Crippen LogP contribution is -2.40. The molecule has 3 nitrogen and oxygen atoms in total. The van der Waals surface area contributed by atoms with Crippen molar-refractivity contribution < 1.29 is 4.79 Å². The molecule has 70 valence electrons. The molecule has 12 heavy (non-hydrogen) atoms. The molecule has 1 fully saturated rings. The summed E-state index contributed by atoms with van der Waals surface area (Å²) in [7, 11) is 0. The predicted octanol–water partition coefficient (Wildman–Crippen LogP) is 0.608. The summed E-state index contributed by atoms with van der Waals surface area (Å²) in [6, 6.07) is 0. The third-order valence-corrected chi connectivity index (χ3v) is 2.15. The van der Waals surface area contributed by atoms with Crippen LogP contribution in [0.3, 0.4) is 0 Å². The molecule has 0 radical (unpaired) electrons.